The van der Waals surface area contributed by atoms with Gasteiger partial charge in [-0.05, 0) is 6.42 Å². The molecule has 0 aliphatic carbocycles. The summed E-state index contributed by atoms with van der Waals surface area (Å²) in [6.07, 6.45) is 4.17. The molecule has 1 aromatic rings. The molecule has 0 radical (unpaired) electrons. The van der Waals surface area contributed by atoms with Gasteiger partial charge in [0.2, 0.25) is 5.91 Å². The first-order valence-electron chi connectivity index (χ1n) is 5.47. The Morgan fingerprint density at radius 2 is 2.24 bits per heavy atom. The minimum Gasteiger partial charge on any atom is -0.480 e. The van der Waals surface area contributed by atoms with Crippen molar-refractivity contribution < 1.29 is 14.7 Å². The van der Waals surface area contributed by atoms with Gasteiger partial charge < -0.3 is 10.0 Å². The van der Waals surface area contributed by atoms with E-state index in [0.29, 0.717) is 13.1 Å². The van der Waals surface area contributed by atoms with Crippen LogP contribution in [0.2, 0.25) is 0 Å². The number of carbonyl (C=O) groups is 2. The summed E-state index contributed by atoms with van der Waals surface area (Å²) in [5.41, 5.74) is 0. The van der Waals surface area contributed by atoms with Crippen molar-refractivity contribution in [1.82, 2.24) is 19.9 Å². The summed E-state index contributed by atoms with van der Waals surface area (Å²) >= 11 is 0. The maximum absolute atomic E-state index is 11.8. The van der Waals surface area contributed by atoms with E-state index in [0.717, 1.165) is 6.42 Å². The lowest BCUT2D eigenvalue weighted by molar-refractivity contribution is -0.144. The average molecular weight is 240 g/mol. The summed E-state index contributed by atoms with van der Waals surface area (Å²) in [6, 6.07) is 0. The molecular weight excluding hydrogens is 224 g/mol. The highest BCUT2D eigenvalue weighted by atomic mass is 16.4. The van der Waals surface area contributed by atoms with Crippen molar-refractivity contribution in [3.05, 3.63) is 12.4 Å². The Morgan fingerprint density at radius 1 is 1.47 bits per heavy atom. The molecule has 0 unspecified atom stereocenters. The topological polar surface area (TPSA) is 88.3 Å². The van der Waals surface area contributed by atoms with Crippen molar-refractivity contribution in [2.45, 2.75) is 26.3 Å². The van der Waals surface area contributed by atoms with Gasteiger partial charge in [0.25, 0.3) is 0 Å². The molecule has 0 saturated heterocycles. The Kier molecular flexibility index (Phi) is 5.12. The number of aliphatic carboxylic acids is 1. The Balaban J connectivity index is 2.44. The van der Waals surface area contributed by atoms with Crippen LogP contribution in [0.3, 0.4) is 0 Å². The number of aryl methyl sites for hydroxylation is 1. The van der Waals surface area contributed by atoms with Crippen LogP contribution in [0.1, 0.15) is 19.8 Å². The Bertz CT molecular complexity index is 364. The molecule has 0 aliphatic heterocycles. The van der Waals surface area contributed by atoms with E-state index >= 15 is 0 Å². The molecule has 1 heterocycles. The van der Waals surface area contributed by atoms with Gasteiger partial charge in [-0.3, -0.25) is 14.3 Å². The predicted octanol–water partition coefficient (Wildman–Crippen LogP) is -0.00860. The molecule has 0 aliphatic rings. The van der Waals surface area contributed by atoms with Gasteiger partial charge in [0.1, 0.15) is 6.54 Å². The summed E-state index contributed by atoms with van der Waals surface area (Å²) in [5, 5.41) is 16.0. The van der Waals surface area contributed by atoms with E-state index < -0.39 is 5.97 Å². The third kappa shape index (κ3) is 4.62. The number of hydrogen-bond acceptors (Lipinski definition) is 4. The number of carboxylic acid groups (broad SMARTS) is 1. The number of carboxylic acids is 1. The third-order valence-electron chi connectivity index (χ3n) is 2.20. The van der Waals surface area contributed by atoms with Crippen LogP contribution in [0.15, 0.2) is 12.4 Å². The van der Waals surface area contributed by atoms with Crippen LogP contribution in [-0.4, -0.2) is 50.0 Å². The highest BCUT2D eigenvalue weighted by molar-refractivity contribution is 5.81. The highest BCUT2D eigenvalue weighted by Gasteiger charge is 2.15. The van der Waals surface area contributed by atoms with Gasteiger partial charge in [-0.2, -0.15) is 0 Å². The summed E-state index contributed by atoms with van der Waals surface area (Å²) in [4.78, 5) is 23.7. The van der Waals surface area contributed by atoms with Crippen LogP contribution in [0.4, 0.5) is 0 Å². The average Bonchev–Trinajstić information content (AvgIpc) is 2.77. The number of amides is 1. The zero-order chi connectivity index (χ0) is 12.7. The van der Waals surface area contributed by atoms with E-state index in [1.54, 1.807) is 10.9 Å². The highest BCUT2D eigenvalue weighted by Crippen LogP contribution is 1.98. The minimum atomic E-state index is -0.993. The molecule has 1 aromatic heterocycles. The quantitative estimate of drug-likeness (QED) is 0.724. The van der Waals surface area contributed by atoms with Crippen LogP contribution in [-0.2, 0) is 16.1 Å². The molecule has 1 N–H and O–H groups in total. The summed E-state index contributed by atoms with van der Waals surface area (Å²) < 4.78 is 1.54. The Hall–Kier alpha value is -1.92. The molecule has 1 amide bonds. The summed E-state index contributed by atoms with van der Waals surface area (Å²) in [7, 11) is 0. The van der Waals surface area contributed by atoms with Crippen molar-refractivity contribution in [3.63, 3.8) is 0 Å². The van der Waals surface area contributed by atoms with Crippen LogP contribution in [0.5, 0.6) is 0 Å². The van der Waals surface area contributed by atoms with Crippen molar-refractivity contribution in [3.8, 4) is 0 Å². The molecule has 0 bridgehead atoms. The van der Waals surface area contributed by atoms with Gasteiger partial charge in [-0.25, -0.2) is 0 Å². The normalized spacial score (nSPS) is 10.2. The first-order chi connectivity index (χ1) is 8.13. The van der Waals surface area contributed by atoms with Crippen LogP contribution < -0.4 is 0 Å². The first kappa shape index (κ1) is 13.1. The van der Waals surface area contributed by atoms with Crippen molar-refractivity contribution in [1.29, 1.82) is 0 Å². The Morgan fingerprint density at radius 3 is 2.76 bits per heavy atom. The second kappa shape index (κ2) is 6.62. The van der Waals surface area contributed by atoms with E-state index in [1.165, 1.54) is 11.1 Å². The Labute approximate surface area is 99.0 Å². The SMILES string of the molecule is CCCN(CC(=O)O)C(=O)CCn1ccnn1. The van der Waals surface area contributed by atoms with E-state index in [1.807, 2.05) is 6.92 Å². The van der Waals surface area contributed by atoms with Crippen molar-refractivity contribution >= 4 is 11.9 Å². The zero-order valence-electron chi connectivity index (χ0n) is 9.74. The maximum Gasteiger partial charge on any atom is 0.323 e. The molecule has 7 heteroatoms. The van der Waals surface area contributed by atoms with Crippen LogP contribution >= 0.6 is 0 Å². The molecule has 0 spiro atoms. The summed E-state index contributed by atoms with van der Waals surface area (Å²) in [6.45, 7) is 2.53. The van der Waals surface area contributed by atoms with Gasteiger partial charge >= 0.3 is 5.97 Å². The molecule has 7 nitrogen and oxygen atoms in total. The molecule has 1 rings (SSSR count). The van der Waals surface area contributed by atoms with Gasteiger partial charge in [0.15, 0.2) is 0 Å². The van der Waals surface area contributed by atoms with Gasteiger partial charge in [-0.15, -0.1) is 5.10 Å². The van der Waals surface area contributed by atoms with Crippen LogP contribution in [0, 0.1) is 0 Å². The summed E-state index contributed by atoms with van der Waals surface area (Å²) in [5.74, 6) is -1.17. The molecular formula is C10H16N4O3. The van der Waals surface area contributed by atoms with Crippen molar-refractivity contribution in [2.75, 3.05) is 13.1 Å². The van der Waals surface area contributed by atoms with Crippen molar-refractivity contribution in [2.24, 2.45) is 0 Å². The number of hydrogen-bond donors (Lipinski definition) is 1. The fourth-order valence-corrected chi connectivity index (χ4v) is 1.45. The second-order valence-corrected chi connectivity index (χ2v) is 3.63. The van der Waals surface area contributed by atoms with E-state index in [9.17, 15) is 9.59 Å². The lowest BCUT2D eigenvalue weighted by Gasteiger charge is -2.19. The fraction of sp³-hybridized carbons (Fsp3) is 0.600. The van der Waals surface area contributed by atoms with Crippen LogP contribution in [0.25, 0.3) is 0 Å². The molecule has 94 valence electrons. The standard InChI is InChI=1S/C10H16N4O3/c1-2-5-13(8-10(16)17)9(15)3-6-14-7-4-11-12-14/h4,7H,2-3,5-6,8H2,1H3,(H,16,17). The largest absolute Gasteiger partial charge is 0.480 e. The zero-order valence-corrected chi connectivity index (χ0v) is 9.74. The minimum absolute atomic E-state index is 0.176. The number of aromatic nitrogens is 3. The third-order valence-corrected chi connectivity index (χ3v) is 2.20. The molecule has 17 heavy (non-hydrogen) atoms. The first-order valence-corrected chi connectivity index (χ1v) is 5.47. The van der Waals surface area contributed by atoms with E-state index in [-0.39, 0.29) is 18.9 Å². The second-order valence-electron chi connectivity index (χ2n) is 3.63. The smallest absolute Gasteiger partial charge is 0.323 e. The lowest BCUT2D eigenvalue weighted by atomic mass is 10.3. The maximum atomic E-state index is 11.8. The molecule has 0 saturated carbocycles. The fourth-order valence-electron chi connectivity index (χ4n) is 1.45. The predicted molar refractivity (Wildman–Crippen MR) is 59.1 cm³/mol. The van der Waals surface area contributed by atoms with Gasteiger partial charge in [0, 0.05) is 19.2 Å². The lowest BCUT2D eigenvalue weighted by Crippen LogP contribution is -2.36. The number of rotatable bonds is 7. The van der Waals surface area contributed by atoms with Gasteiger partial charge in [-0.1, -0.05) is 12.1 Å². The van der Waals surface area contributed by atoms with E-state index in [4.69, 9.17) is 5.11 Å². The number of nitrogens with zero attached hydrogens (tertiary/aromatic N) is 4. The number of carbonyl (C=O) groups excluding carboxylic acids is 1. The molecule has 0 fully saturated rings. The van der Waals surface area contributed by atoms with Gasteiger partial charge in [0.05, 0.1) is 12.7 Å². The molecule has 0 atom stereocenters. The molecule has 0 aromatic carbocycles. The monoisotopic (exact) mass is 240 g/mol. The van der Waals surface area contributed by atoms with E-state index in [2.05, 4.69) is 10.3 Å².